The Balaban J connectivity index is 2.45. The maximum atomic E-state index is 12.4. The van der Waals surface area contributed by atoms with E-state index in [4.69, 9.17) is 0 Å². The van der Waals surface area contributed by atoms with E-state index in [9.17, 15) is 23.1 Å². The second kappa shape index (κ2) is 6.21. The summed E-state index contributed by atoms with van der Waals surface area (Å²) < 4.78 is 27.1. The van der Waals surface area contributed by atoms with E-state index in [1.807, 2.05) is 0 Å². The fourth-order valence-corrected chi connectivity index (χ4v) is 3.14. The first-order valence-electron chi connectivity index (χ1n) is 6.68. The van der Waals surface area contributed by atoms with Crippen LogP contribution in [0.3, 0.4) is 0 Å². The molecule has 2 N–H and O–H groups in total. The van der Waals surface area contributed by atoms with Crippen molar-refractivity contribution in [1.82, 2.24) is 0 Å². The number of hydrogen-bond acceptors (Lipinski definition) is 4. The summed E-state index contributed by atoms with van der Waals surface area (Å²) in [6, 6.07) is 9.94. The Morgan fingerprint density at radius 2 is 1.78 bits per heavy atom. The van der Waals surface area contributed by atoms with Crippen LogP contribution in [0.5, 0.6) is 0 Å². The van der Waals surface area contributed by atoms with Crippen LogP contribution in [-0.2, 0) is 10.0 Å². The molecule has 0 aliphatic heterocycles. The molecule has 0 atom stereocenters. The monoisotopic (exact) mass is 333 g/mol. The molecule has 2 aromatic carbocycles. The van der Waals surface area contributed by atoms with Gasteiger partial charge in [-0.2, -0.15) is 0 Å². The lowest BCUT2D eigenvalue weighted by atomic mass is 10.1. The highest BCUT2D eigenvalue weighted by atomic mass is 32.2. The lowest BCUT2D eigenvalue weighted by Gasteiger charge is -2.11. The minimum absolute atomic E-state index is 0.0312. The van der Waals surface area contributed by atoms with Gasteiger partial charge in [0.25, 0.3) is 10.0 Å². The van der Waals surface area contributed by atoms with Gasteiger partial charge in [0, 0.05) is 5.56 Å². The van der Waals surface area contributed by atoms with Gasteiger partial charge in [0.2, 0.25) is 0 Å². The summed E-state index contributed by atoms with van der Waals surface area (Å²) in [6.45, 7) is 3.04. The number of carboxylic acid groups (broad SMARTS) is 1. The van der Waals surface area contributed by atoms with Crippen LogP contribution in [0.25, 0.3) is 0 Å². The molecule has 0 saturated carbocycles. The second-order valence-electron chi connectivity index (χ2n) is 5.04. The number of Topliss-reactive ketones (excluding diaryl/α,β-unsaturated/α-hetero) is 1. The van der Waals surface area contributed by atoms with Gasteiger partial charge in [0.1, 0.15) is 0 Å². The molecule has 6 nitrogen and oxygen atoms in total. The summed E-state index contributed by atoms with van der Waals surface area (Å²) in [5, 5.41) is 9.19. The Morgan fingerprint density at radius 1 is 1.09 bits per heavy atom. The normalized spacial score (nSPS) is 11.0. The first-order valence-corrected chi connectivity index (χ1v) is 8.17. The molecule has 0 spiro atoms. The fourth-order valence-electron chi connectivity index (χ4n) is 2.01. The molecule has 0 radical (unpaired) electrons. The number of carboxylic acids is 1. The molecule has 23 heavy (non-hydrogen) atoms. The average Bonchev–Trinajstić information content (AvgIpc) is 2.48. The molecule has 0 fully saturated rings. The van der Waals surface area contributed by atoms with Crippen LogP contribution in [0.15, 0.2) is 47.4 Å². The Kier molecular flexibility index (Phi) is 4.51. The number of aryl methyl sites for hydroxylation is 1. The van der Waals surface area contributed by atoms with E-state index in [2.05, 4.69) is 4.72 Å². The standard InChI is InChI=1S/C16H15NO5S/c1-10-6-7-15(14(8-10)16(19)20)17-23(21,22)13-5-3-4-12(9-13)11(2)18/h3-9,17H,1-2H3,(H,19,20). The van der Waals surface area contributed by atoms with Crippen molar-refractivity contribution < 1.29 is 23.1 Å². The molecule has 0 saturated heterocycles. The van der Waals surface area contributed by atoms with Crippen LogP contribution in [0.1, 0.15) is 33.2 Å². The molecule has 0 bridgehead atoms. The topological polar surface area (TPSA) is 101 Å². The number of nitrogens with one attached hydrogen (secondary N) is 1. The molecular weight excluding hydrogens is 318 g/mol. The Bertz CT molecular complexity index is 887. The highest BCUT2D eigenvalue weighted by Gasteiger charge is 2.19. The van der Waals surface area contributed by atoms with E-state index in [-0.39, 0.29) is 27.5 Å². The summed E-state index contributed by atoms with van der Waals surface area (Å²) in [5.41, 5.74) is 0.784. The van der Waals surface area contributed by atoms with E-state index in [1.165, 1.54) is 43.3 Å². The third kappa shape index (κ3) is 3.75. The van der Waals surface area contributed by atoms with Crippen LogP contribution < -0.4 is 4.72 Å². The summed E-state index contributed by atoms with van der Waals surface area (Å²) in [6.07, 6.45) is 0. The zero-order valence-electron chi connectivity index (χ0n) is 12.5. The number of rotatable bonds is 5. The zero-order chi connectivity index (χ0) is 17.2. The molecule has 0 unspecified atom stereocenters. The van der Waals surface area contributed by atoms with Gasteiger partial charge in [-0.05, 0) is 38.1 Å². The van der Waals surface area contributed by atoms with Gasteiger partial charge in [0.05, 0.1) is 16.1 Å². The van der Waals surface area contributed by atoms with Gasteiger partial charge < -0.3 is 5.11 Å². The molecule has 0 heterocycles. The van der Waals surface area contributed by atoms with Crippen molar-refractivity contribution in [3.8, 4) is 0 Å². The van der Waals surface area contributed by atoms with Crippen molar-refractivity contribution in [2.45, 2.75) is 18.7 Å². The van der Waals surface area contributed by atoms with Gasteiger partial charge in [-0.25, -0.2) is 13.2 Å². The maximum absolute atomic E-state index is 12.4. The predicted molar refractivity (Wildman–Crippen MR) is 85.4 cm³/mol. The van der Waals surface area contributed by atoms with Crippen molar-refractivity contribution in [2.75, 3.05) is 4.72 Å². The Morgan fingerprint density at radius 3 is 2.39 bits per heavy atom. The van der Waals surface area contributed by atoms with E-state index in [0.717, 1.165) is 0 Å². The number of hydrogen-bond donors (Lipinski definition) is 2. The van der Waals surface area contributed by atoms with Gasteiger partial charge in [0.15, 0.2) is 5.78 Å². The lowest BCUT2D eigenvalue weighted by Crippen LogP contribution is -2.16. The summed E-state index contributed by atoms with van der Waals surface area (Å²) >= 11 is 0. The molecule has 0 amide bonds. The van der Waals surface area contributed by atoms with Crippen molar-refractivity contribution in [3.05, 3.63) is 59.2 Å². The van der Waals surface area contributed by atoms with Crippen molar-refractivity contribution >= 4 is 27.5 Å². The first kappa shape index (κ1) is 16.7. The average molecular weight is 333 g/mol. The highest BCUT2D eigenvalue weighted by Crippen LogP contribution is 2.22. The number of carbonyl (C=O) groups excluding carboxylic acids is 1. The Labute approximate surface area is 133 Å². The highest BCUT2D eigenvalue weighted by molar-refractivity contribution is 7.92. The minimum atomic E-state index is -4.00. The van der Waals surface area contributed by atoms with Crippen molar-refractivity contribution in [3.63, 3.8) is 0 Å². The zero-order valence-corrected chi connectivity index (χ0v) is 13.3. The minimum Gasteiger partial charge on any atom is -0.478 e. The van der Waals surface area contributed by atoms with Crippen LogP contribution >= 0.6 is 0 Å². The van der Waals surface area contributed by atoms with Gasteiger partial charge in [-0.1, -0.05) is 23.8 Å². The Hall–Kier alpha value is -2.67. The second-order valence-corrected chi connectivity index (χ2v) is 6.73. The number of anilines is 1. The van der Waals surface area contributed by atoms with Crippen LogP contribution in [-0.4, -0.2) is 25.3 Å². The number of aromatic carboxylic acids is 1. The molecular formula is C16H15NO5S. The van der Waals surface area contributed by atoms with Crippen LogP contribution in [0.2, 0.25) is 0 Å². The first-order chi connectivity index (χ1) is 10.7. The number of ketones is 1. The smallest absolute Gasteiger partial charge is 0.337 e. The molecule has 120 valence electrons. The van der Waals surface area contributed by atoms with Crippen molar-refractivity contribution in [2.24, 2.45) is 0 Å². The molecule has 7 heteroatoms. The van der Waals surface area contributed by atoms with E-state index in [1.54, 1.807) is 13.0 Å². The maximum Gasteiger partial charge on any atom is 0.337 e. The predicted octanol–water partition coefficient (Wildman–Crippen LogP) is 2.70. The number of sulfonamides is 1. The number of carbonyl (C=O) groups is 2. The molecule has 0 aliphatic rings. The summed E-state index contributed by atoms with van der Waals surface area (Å²) in [4.78, 5) is 22.5. The SMILES string of the molecule is CC(=O)c1cccc(S(=O)(=O)Nc2ccc(C)cc2C(=O)O)c1. The van der Waals surface area contributed by atoms with E-state index >= 15 is 0 Å². The number of benzene rings is 2. The third-order valence-corrected chi connectivity index (χ3v) is 4.56. The van der Waals surface area contributed by atoms with Gasteiger partial charge in [-0.15, -0.1) is 0 Å². The van der Waals surface area contributed by atoms with Gasteiger partial charge >= 0.3 is 5.97 Å². The molecule has 0 aromatic heterocycles. The summed E-state index contributed by atoms with van der Waals surface area (Å²) in [5.74, 6) is -1.49. The largest absolute Gasteiger partial charge is 0.478 e. The summed E-state index contributed by atoms with van der Waals surface area (Å²) in [7, 11) is -4.00. The third-order valence-electron chi connectivity index (χ3n) is 3.20. The molecule has 0 aliphatic carbocycles. The van der Waals surface area contributed by atoms with E-state index in [0.29, 0.717) is 5.56 Å². The molecule has 2 rings (SSSR count). The van der Waals surface area contributed by atoms with Crippen molar-refractivity contribution in [1.29, 1.82) is 0 Å². The lowest BCUT2D eigenvalue weighted by molar-refractivity contribution is 0.0697. The van der Waals surface area contributed by atoms with Crippen LogP contribution in [0, 0.1) is 6.92 Å². The quantitative estimate of drug-likeness (QED) is 0.819. The van der Waals surface area contributed by atoms with E-state index < -0.39 is 16.0 Å². The van der Waals surface area contributed by atoms with Gasteiger partial charge in [-0.3, -0.25) is 9.52 Å². The van der Waals surface area contributed by atoms with Crippen LogP contribution in [0.4, 0.5) is 5.69 Å². The fraction of sp³-hybridized carbons (Fsp3) is 0.125. The molecule has 2 aromatic rings.